The van der Waals surface area contributed by atoms with Gasteiger partial charge in [0.15, 0.2) is 0 Å². The zero-order valence-corrected chi connectivity index (χ0v) is 16.5. The molecule has 1 aromatic carbocycles. The van der Waals surface area contributed by atoms with Gasteiger partial charge in [0.1, 0.15) is 0 Å². The van der Waals surface area contributed by atoms with E-state index in [1.54, 1.807) is 21.8 Å². The largest absolute Gasteiger partial charge is 0.450 e. The van der Waals surface area contributed by atoms with Crippen molar-refractivity contribution in [3.8, 4) is 0 Å². The molecule has 0 saturated carbocycles. The monoisotopic (exact) mass is 388 g/mol. The third-order valence-electron chi connectivity index (χ3n) is 5.33. The van der Waals surface area contributed by atoms with Crippen LogP contribution in [-0.2, 0) is 14.3 Å². The highest BCUT2D eigenvalue weighted by atomic mass is 16.6. The van der Waals surface area contributed by atoms with Crippen molar-refractivity contribution in [1.82, 2.24) is 15.2 Å². The van der Waals surface area contributed by atoms with Crippen LogP contribution in [0.2, 0.25) is 0 Å². The van der Waals surface area contributed by atoms with E-state index < -0.39 is 0 Å². The number of carbonyl (C=O) groups excluding carboxylic acids is 3. The van der Waals surface area contributed by atoms with E-state index in [0.717, 1.165) is 5.69 Å². The van der Waals surface area contributed by atoms with Crippen molar-refractivity contribution in [2.45, 2.75) is 32.2 Å². The van der Waals surface area contributed by atoms with Gasteiger partial charge in [-0.1, -0.05) is 18.2 Å². The molecule has 152 valence electrons. The Bertz CT molecular complexity index is 703. The number of piperidine rings is 1. The van der Waals surface area contributed by atoms with Gasteiger partial charge in [-0.15, -0.1) is 0 Å². The molecule has 1 atom stereocenters. The molecule has 3 amide bonds. The molecule has 0 aliphatic carbocycles. The quantitative estimate of drug-likeness (QED) is 0.829. The smallest absolute Gasteiger partial charge is 0.409 e. The second kappa shape index (κ2) is 8.95. The highest BCUT2D eigenvalue weighted by molar-refractivity contribution is 5.90. The summed E-state index contributed by atoms with van der Waals surface area (Å²) in [6.45, 7) is 3.65. The molecule has 8 heteroatoms. The van der Waals surface area contributed by atoms with Gasteiger partial charge in [-0.05, 0) is 31.9 Å². The summed E-state index contributed by atoms with van der Waals surface area (Å²) in [7, 11) is 1.83. The molecular weight excluding hydrogens is 360 g/mol. The van der Waals surface area contributed by atoms with E-state index in [2.05, 4.69) is 5.32 Å². The molecule has 2 heterocycles. The van der Waals surface area contributed by atoms with Crippen LogP contribution in [0.1, 0.15) is 26.2 Å². The van der Waals surface area contributed by atoms with Gasteiger partial charge in [0, 0.05) is 32.6 Å². The number of anilines is 1. The molecule has 0 bridgehead atoms. The molecule has 2 fully saturated rings. The number of amides is 3. The Balaban J connectivity index is 1.49. The number of nitrogens with zero attached hydrogens (tertiary/aromatic N) is 3. The van der Waals surface area contributed by atoms with E-state index in [0.29, 0.717) is 39.1 Å². The molecule has 2 aliphatic rings. The molecule has 1 aromatic rings. The summed E-state index contributed by atoms with van der Waals surface area (Å²) in [5.74, 6) is -0.503. The summed E-state index contributed by atoms with van der Waals surface area (Å²) < 4.78 is 5.01. The first-order chi connectivity index (χ1) is 13.5. The fourth-order valence-corrected chi connectivity index (χ4v) is 3.68. The minimum atomic E-state index is -0.359. The molecule has 1 N–H and O–H groups in total. The maximum absolute atomic E-state index is 12.7. The number of rotatable bonds is 5. The van der Waals surface area contributed by atoms with E-state index in [4.69, 9.17) is 4.74 Å². The standard InChI is InChI=1S/C20H28N4O4/c1-3-28-20(27)23-11-9-16(10-12-23)21-19(26)15-13-18(25)24(14-15)22(2)17-7-5-4-6-8-17/h4-8,15-16H,3,9-14H2,1-2H3,(H,21,26). The van der Waals surface area contributed by atoms with Gasteiger partial charge < -0.3 is 15.0 Å². The van der Waals surface area contributed by atoms with E-state index in [9.17, 15) is 14.4 Å². The fraction of sp³-hybridized carbons (Fsp3) is 0.550. The Hall–Kier alpha value is -2.77. The van der Waals surface area contributed by atoms with E-state index in [1.807, 2.05) is 37.4 Å². The lowest BCUT2D eigenvalue weighted by Crippen LogP contribution is -2.48. The number of nitrogens with one attached hydrogen (secondary N) is 1. The molecule has 3 rings (SSSR count). The van der Waals surface area contributed by atoms with Crippen LogP contribution >= 0.6 is 0 Å². The van der Waals surface area contributed by atoms with Crippen LogP contribution in [0, 0.1) is 5.92 Å². The van der Waals surface area contributed by atoms with Crippen molar-refractivity contribution in [1.29, 1.82) is 0 Å². The summed E-state index contributed by atoms with van der Waals surface area (Å²) in [4.78, 5) is 38.5. The van der Waals surface area contributed by atoms with Crippen LogP contribution in [-0.4, -0.2) is 67.1 Å². The zero-order chi connectivity index (χ0) is 20.1. The van der Waals surface area contributed by atoms with Gasteiger partial charge in [-0.25, -0.2) is 4.79 Å². The third kappa shape index (κ3) is 4.55. The average Bonchev–Trinajstić information content (AvgIpc) is 3.10. The van der Waals surface area contributed by atoms with Crippen molar-refractivity contribution in [2.24, 2.45) is 5.92 Å². The van der Waals surface area contributed by atoms with Gasteiger partial charge in [0.25, 0.3) is 0 Å². The molecule has 1 unspecified atom stereocenters. The molecule has 0 radical (unpaired) electrons. The van der Waals surface area contributed by atoms with Crippen molar-refractivity contribution in [3.05, 3.63) is 30.3 Å². The normalized spacial score (nSPS) is 20.2. The molecule has 8 nitrogen and oxygen atoms in total. The van der Waals surface area contributed by atoms with Crippen molar-refractivity contribution >= 4 is 23.6 Å². The van der Waals surface area contributed by atoms with Crippen molar-refractivity contribution < 1.29 is 19.1 Å². The summed E-state index contributed by atoms with van der Waals surface area (Å²) >= 11 is 0. The van der Waals surface area contributed by atoms with Gasteiger partial charge in [-0.2, -0.15) is 0 Å². The van der Waals surface area contributed by atoms with Crippen LogP contribution in [0.4, 0.5) is 10.5 Å². The van der Waals surface area contributed by atoms with Crippen LogP contribution in [0.15, 0.2) is 30.3 Å². The van der Waals surface area contributed by atoms with Crippen LogP contribution in [0.5, 0.6) is 0 Å². The van der Waals surface area contributed by atoms with Gasteiger partial charge in [-0.3, -0.25) is 19.6 Å². The van der Waals surface area contributed by atoms with Crippen LogP contribution < -0.4 is 10.3 Å². The fourth-order valence-electron chi connectivity index (χ4n) is 3.68. The number of para-hydroxylation sites is 1. The van der Waals surface area contributed by atoms with Crippen LogP contribution in [0.25, 0.3) is 0 Å². The Morgan fingerprint density at radius 1 is 1.21 bits per heavy atom. The van der Waals surface area contributed by atoms with Crippen molar-refractivity contribution in [3.63, 3.8) is 0 Å². The maximum atomic E-state index is 12.7. The first-order valence-electron chi connectivity index (χ1n) is 9.80. The molecule has 0 spiro atoms. The average molecular weight is 388 g/mol. The predicted molar refractivity (Wildman–Crippen MR) is 104 cm³/mol. The number of ether oxygens (including phenoxy) is 1. The molecule has 28 heavy (non-hydrogen) atoms. The van der Waals surface area contributed by atoms with Gasteiger partial charge in [0.05, 0.1) is 24.8 Å². The second-order valence-corrected chi connectivity index (χ2v) is 7.20. The highest BCUT2D eigenvalue weighted by Gasteiger charge is 2.37. The summed E-state index contributed by atoms with van der Waals surface area (Å²) in [6, 6.07) is 9.63. The van der Waals surface area contributed by atoms with Crippen molar-refractivity contribution in [2.75, 3.05) is 38.3 Å². The molecule has 2 saturated heterocycles. The maximum Gasteiger partial charge on any atom is 0.409 e. The highest BCUT2D eigenvalue weighted by Crippen LogP contribution is 2.24. The number of benzene rings is 1. The van der Waals surface area contributed by atoms with E-state index in [-0.39, 0.29) is 36.3 Å². The third-order valence-corrected chi connectivity index (χ3v) is 5.33. The molecular formula is C20H28N4O4. The first kappa shape index (κ1) is 20.0. The number of hydrogen-bond acceptors (Lipinski definition) is 5. The minimum absolute atomic E-state index is 0.0224. The lowest BCUT2D eigenvalue weighted by Gasteiger charge is -2.32. The first-order valence-corrected chi connectivity index (χ1v) is 9.80. The lowest BCUT2D eigenvalue weighted by atomic mass is 10.0. The summed E-state index contributed by atoms with van der Waals surface area (Å²) in [5.41, 5.74) is 0.906. The number of hydrogen-bond donors (Lipinski definition) is 1. The predicted octanol–water partition coefficient (Wildman–Crippen LogP) is 1.62. The topological polar surface area (TPSA) is 82.2 Å². The van der Waals surface area contributed by atoms with Gasteiger partial charge >= 0.3 is 6.09 Å². The number of likely N-dealkylation sites (tertiary alicyclic amines) is 1. The Labute approximate surface area is 165 Å². The minimum Gasteiger partial charge on any atom is -0.450 e. The Kier molecular flexibility index (Phi) is 6.38. The van der Waals surface area contributed by atoms with E-state index in [1.165, 1.54) is 0 Å². The SMILES string of the molecule is CCOC(=O)N1CCC(NC(=O)C2CC(=O)N(N(C)c3ccccc3)C2)CC1. The summed E-state index contributed by atoms with van der Waals surface area (Å²) in [6.07, 6.45) is 1.30. The number of hydrazine groups is 1. The molecule has 0 aromatic heterocycles. The Morgan fingerprint density at radius 3 is 2.54 bits per heavy atom. The number of carbonyl (C=O) groups is 3. The van der Waals surface area contributed by atoms with E-state index >= 15 is 0 Å². The second-order valence-electron chi connectivity index (χ2n) is 7.20. The van der Waals surface area contributed by atoms with Gasteiger partial charge in [0.2, 0.25) is 11.8 Å². The molecule has 2 aliphatic heterocycles. The zero-order valence-electron chi connectivity index (χ0n) is 16.5. The summed E-state index contributed by atoms with van der Waals surface area (Å²) in [5, 5.41) is 6.48. The Morgan fingerprint density at radius 2 is 1.89 bits per heavy atom. The van der Waals surface area contributed by atoms with Crippen LogP contribution in [0.3, 0.4) is 0 Å². The lowest BCUT2D eigenvalue weighted by molar-refractivity contribution is -0.129.